The molecule has 1 aliphatic rings. The fourth-order valence-corrected chi connectivity index (χ4v) is 3.09. The highest BCUT2D eigenvalue weighted by Crippen LogP contribution is 2.36. The zero-order chi connectivity index (χ0) is 17.3. The van der Waals surface area contributed by atoms with Crippen LogP contribution in [0.5, 0.6) is 11.5 Å². The molecule has 0 unspecified atom stereocenters. The first-order valence-corrected chi connectivity index (χ1v) is 8.26. The molecule has 0 atom stereocenters. The Labute approximate surface area is 148 Å². The van der Waals surface area contributed by atoms with Crippen molar-refractivity contribution in [3.63, 3.8) is 0 Å². The van der Waals surface area contributed by atoms with E-state index < -0.39 is 0 Å². The molecule has 3 rings (SSSR count). The van der Waals surface area contributed by atoms with Gasteiger partial charge in [-0.2, -0.15) is 0 Å². The Kier molecular flexibility index (Phi) is 4.53. The minimum Gasteiger partial charge on any atom is -0.493 e. The number of ketones is 2. The highest BCUT2D eigenvalue weighted by molar-refractivity contribution is 9.10. The van der Waals surface area contributed by atoms with Gasteiger partial charge >= 0.3 is 0 Å². The molecule has 0 bridgehead atoms. The van der Waals surface area contributed by atoms with Gasteiger partial charge in [0.25, 0.3) is 0 Å². The number of methoxy groups -OCH3 is 1. The van der Waals surface area contributed by atoms with Crippen LogP contribution in [0, 0.1) is 0 Å². The molecule has 24 heavy (non-hydrogen) atoms. The van der Waals surface area contributed by atoms with Crippen LogP contribution in [0.15, 0.2) is 46.4 Å². The minimum absolute atomic E-state index is 0.156. The average Bonchev–Trinajstić information content (AvgIpc) is 2.82. The Morgan fingerprint density at radius 2 is 1.67 bits per heavy atom. The van der Waals surface area contributed by atoms with Crippen molar-refractivity contribution in [1.82, 2.24) is 0 Å². The molecule has 0 saturated heterocycles. The fraction of sp³-hybridized carbons (Fsp3) is 0.158. The van der Waals surface area contributed by atoms with Crippen LogP contribution in [0.4, 0.5) is 0 Å². The number of benzene rings is 2. The van der Waals surface area contributed by atoms with E-state index in [1.165, 1.54) is 0 Å². The summed E-state index contributed by atoms with van der Waals surface area (Å²) in [6, 6.07) is 10.4. The third-order valence-electron chi connectivity index (χ3n) is 3.79. The van der Waals surface area contributed by atoms with Crippen LogP contribution in [0.25, 0.3) is 6.08 Å². The molecule has 0 spiro atoms. The molecule has 122 valence electrons. The van der Waals surface area contributed by atoms with Gasteiger partial charge in [0.1, 0.15) is 0 Å². The number of ether oxygens (including phenoxy) is 2. The molecular formula is C19H15BrO4. The van der Waals surface area contributed by atoms with Crippen molar-refractivity contribution in [3.8, 4) is 11.5 Å². The summed E-state index contributed by atoms with van der Waals surface area (Å²) in [5.41, 5.74) is 1.73. The number of allylic oxidation sites excluding steroid dienone is 1. The van der Waals surface area contributed by atoms with E-state index >= 15 is 0 Å². The second-order valence-electron chi connectivity index (χ2n) is 5.22. The van der Waals surface area contributed by atoms with Crippen LogP contribution in [0.2, 0.25) is 0 Å². The van der Waals surface area contributed by atoms with Gasteiger partial charge in [-0.15, -0.1) is 0 Å². The van der Waals surface area contributed by atoms with Crippen molar-refractivity contribution in [3.05, 3.63) is 63.1 Å². The molecule has 0 amide bonds. The zero-order valence-electron chi connectivity index (χ0n) is 13.3. The molecule has 0 radical (unpaired) electrons. The number of halogens is 1. The summed E-state index contributed by atoms with van der Waals surface area (Å²) in [6.07, 6.45) is 1.59. The van der Waals surface area contributed by atoms with E-state index in [1.54, 1.807) is 49.6 Å². The van der Waals surface area contributed by atoms with Crippen LogP contribution in [-0.4, -0.2) is 25.3 Å². The average molecular weight is 387 g/mol. The van der Waals surface area contributed by atoms with Gasteiger partial charge in [0.05, 0.1) is 19.3 Å². The summed E-state index contributed by atoms with van der Waals surface area (Å²) < 4.78 is 11.6. The highest BCUT2D eigenvalue weighted by Gasteiger charge is 2.32. The predicted molar refractivity (Wildman–Crippen MR) is 94.9 cm³/mol. The van der Waals surface area contributed by atoms with E-state index in [-0.39, 0.29) is 17.1 Å². The van der Waals surface area contributed by atoms with Crippen molar-refractivity contribution < 1.29 is 19.1 Å². The summed E-state index contributed by atoms with van der Waals surface area (Å²) in [6.45, 7) is 2.39. The van der Waals surface area contributed by atoms with Gasteiger partial charge in [-0.25, -0.2) is 0 Å². The standard InChI is InChI=1S/C19H15BrO4/c1-3-24-17-10-15(20)11(9-16(17)23-2)8-14-18(21)12-6-4-5-7-13(12)19(14)22/h4-10H,3H2,1-2H3. The second-order valence-corrected chi connectivity index (χ2v) is 6.07. The number of carbonyl (C=O) groups is 2. The predicted octanol–water partition coefficient (Wildman–Crippen LogP) is 4.32. The lowest BCUT2D eigenvalue weighted by atomic mass is 10.1. The molecule has 0 aliphatic heterocycles. The summed E-state index contributed by atoms with van der Waals surface area (Å²) in [4.78, 5) is 25.0. The largest absolute Gasteiger partial charge is 0.493 e. The van der Waals surface area contributed by atoms with E-state index in [0.717, 1.165) is 4.47 Å². The quantitative estimate of drug-likeness (QED) is 0.579. The topological polar surface area (TPSA) is 52.6 Å². The summed E-state index contributed by atoms with van der Waals surface area (Å²) >= 11 is 3.46. The molecule has 2 aromatic rings. The first-order chi connectivity index (χ1) is 11.6. The molecule has 0 fully saturated rings. The van der Waals surface area contributed by atoms with Gasteiger partial charge in [0.15, 0.2) is 23.1 Å². The molecule has 5 heteroatoms. The van der Waals surface area contributed by atoms with Crippen LogP contribution in [-0.2, 0) is 0 Å². The van der Waals surface area contributed by atoms with E-state index in [9.17, 15) is 9.59 Å². The molecule has 0 aromatic heterocycles. The molecule has 1 aliphatic carbocycles. The first kappa shape index (κ1) is 16.5. The SMILES string of the molecule is CCOc1cc(Br)c(C=C2C(=O)c3ccccc3C2=O)cc1OC. The number of carbonyl (C=O) groups excluding carboxylic acids is 2. The van der Waals surface area contributed by atoms with E-state index in [4.69, 9.17) is 9.47 Å². The maximum Gasteiger partial charge on any atom is 0.197 e. The maximum atomic E-state index is 12.5. The second kappa shape index (κ2) is 6.61. The third-order valence-corrected chi connectivity index (χ3v) is 4.47. The van der Waals surface area contributed by atoms with E-state index in [0.29, 0.717) is 34.8 Å². The van der Waals surface area contributed by atoms with Gasteiger partial charge in [0, 0.05) is 15.6 Å². The Bertz CT molecular complexity index is 831. The zero-order valence-corrected chi connectivity index (χ0v) is 14.8. The Morgan fingerprint density at radius 1 is 1.04 bits per heavy atom. The molecule has 0 saturated carbocycles. The summed E-state index contributed by atoms with van der Waals surface area (Å²) in [5, 5.41) is 0. The summed E-state index contributed by atoms with van der Waals surface area (Å²) in [7, 11) is 1.55. The van der Waals surface area contributed by atoms with Crippen molar-refractivity contribution in [1.29, 1.82) is 0 Å². The molecule has 4 nitrogen and oxygen atoms in total. The van der Waals surface area contributed by atoms with Crippen LogP contribution < -0.4 is 9.47 Å². The van der Waals surface area contributed by atoms with Crippen molar-refractivity contribution in [2.45, 2.75) is 6.92 Å². The normalized spacial score (nSPS) is 13.0. The van der Waals surface area contributed by atoms with Crippen molar-refractivity contribution in [2.75, 3.05) is 13.7 Å². The number of hydrogen-bond donors (Lipinski definition) is 0. The Morgan fingerprint density at radius 3 is 2.21 bits per heavy atom. The van der Waals surface area contributed by atoms with Crippen LogP contribution in [0.3, 0.4) is 0 Å². The smallest absolute Gasteiger partial charge is 0.197 e. The minimum atomic E-state index is -0.254. The van der Waals surface area contributed by atoms with Crippen LogP contribution >= 0.6 is 15.9 Å². The molecular weight excluding hydrogens is 372 g/mol. The van der Waals surface area contributed by atoms with Gasteiger partial charge in [-0.3, -0.25) is 9.59 Å². The monoisotopic (exact) mass is 386 g/mol. The molecule has 0 heterocycles. The lowest BCUT2D eigenvalue weighted by molar-refractivity contribution is 0.0990. The number of fused-ring (bicyclic) bond motifs is 1. The molecule has 2 aromatic carbocycles. The van der Waals surface area contributed by atoms with Crippen molar-refractivity contribution >= 4 is 33.6 Å². The number of hydrogen-bond acceptors (Lipinski definition) is 4. The lowest BCUT2D eigenvalue weighted by Gasteiger charge is -2.11. The number of rotatable bonds is 4. The summed E-state index contributed by atoms with van der Waals surface area (Å²) in [5.74, 6) is 0.634. The van der Waals surface area contributed by atoms with Gasteiger partial charge in [0.2, 0.25) is 0 Å². The first-order valence-electron chi connectivity index (χ1n) is 7.47. The van der Waals surface area contributed by atoms with Crippen molar-refractivity contribution in [2.24, 2.45) is 0 Å². The van der Waals surface area contributed by atoms with Gasteiger partial charge in [-0.05, 0) is 30.7 Å². The van der Waals surface area contributed by atoms with E-state index in [2.05, 4.69) is 15.9 Å². The van der Waals surface area contributed by atoms with Crippen LogP contribution in [0.1, 0.15) is 33.2 Å². The fourth-order valence-electron chi connectivity index (χ4n) is 2.65. The third kappa shape index (κ3) is 2.76. The van der Waals surface area contributed by atoms with Gasteiger partial charge < -0.3 is 9.47 Å². The highest BCUT2D eigenvalue weighted by atomic mass is 79.9. The molecule has 0 N–H and O–H groups in total. The Hall–Kier alpha value is -2.40. The van der Waals surface area contributed by atoms with Gasteiger partial charge in [-0.1, -0.05) is 40.2 Å². The van der Waals surface area contributed by atoms with E-state index in [1.807, 2.05) is 6.92 Å². The Balaban J connectivity index is 2.07. The lowest BCUT2D eigenvalue weighted by Crippen LogP contribution is -2.01. The maximum absolute atomic E-state index is 12.5. The number of Topliss-reactive ketones (excluding diaryl/α,β-unsaturated/α-hetero) is 2.